The van der Waals surface area contributed by atoms with Crippen LogP contribution in [0, 0.1) is 17.0 Å². The molecule has 0 radical (unpaired) electrons. The van der Waals surface area contributed by atoms with Crippen molar-refractivity contribution in [3.05, 3.63) is 80.6 Å². The Hall–Kier alpha value is -2.93. The summed E-state index contributed by atoms with van der Waals surface area (Å²) in [6.45, 7) is 2.58. The van der Waals surface area contributed by atoms with Gasteiger partial charge < -0.3 is 4.74 Å². The molecule has 0 unspecified atom stereocenters. The van der Waals surface area contributed by atoms with E-state index in [1.165, 1.54) is 12.1 Å². The van der Waals surface area contributed by atoms with Crippen LogP contribution in [0.5, 0.6) is 5.75 Å². The van der Waals surface area contributed by atoms with Crippen molar-refractivity contribution in [3.8, 4) is 5.75 Å². The highest BCUT2D eigenvalue weighted by atomic mass is 35.5. The first kappa shape index (κ1) is 16.9. The van der Waals surface area contributed by atoms with Crippen molar-refractivity contribution in [2.75, 3.05) is 0 Å². The van der Waals surface area contributed by atoms with E-state index in [1.807, 2.05) is 13.0 Å². The maximum absolute atomic E-state index is 10.8. The van der Waals surface area contributed by atoms with Crippen LogP contribution >= 0.6 is 11.6 Å². The van der Waals surface area contributed by atoms with Crippen LogP contribution in [0.25, 0.3) is 0 Å². The predicted molar refractivity (Wildman–Crippen MR) is 92.7 cm³/mol. The molecular formula is C17H15ClN4O3. The highest BCUT2D eigenvalue weighted by molar-refractivity contribution is 6.31. The van der Waals surface area contributed by atoms with Crippen LogP contribution in [0.2, 0.25) is 5.02 Å². The number of nitro benzene ring substituents is 1. The van der Waals surface area contributed by atoms with Gasteiger partial charge in [0.15, 0.2) is 0 Å². The van der Waals surface area contributed by atoms with Crippen LogP contribution < -0.4 is 4.74 Å². The third-order valence-corrected chi connectivity index (χ3v) is 3.99. The van der Waals surface area contributed by atoms with Gasteiger partial charge in [-0.15, -0.1) is 5.10 Å². The van der Waals surface area contributed by atoms with E-state index in [-0.39, 0.29) is 12.3 Å². The third kappa shape index (κ3) is 4.33. The molecule has 1 aromatic heterocycles. The molecule has 0 saturated carbocycles. The lowest BCUT2D eigenvalue weighted by Crippen LogP contribution is -2.01. The zero-order valence-electron chi connectivity index (χ0n) is 13.4. The lowest BCUT2D eigenvalue weighted by Gasteiger charge is -2.05. The van der Waals surface area contributed by atoms with Gasteiger partial charge in [-0.1, -0.05) is 28.9 Å². The molecule has 0 N–H and O–H groups in total. The average Bonchev–Trinajstić information content (AvgIpc) is 3.03. The normalized spacial score (nSPS) is 10.6. The molecule has 0 aliphatic heterocycles. The average molecular weight is 359 g/mol. The molecule has 3 rings (SSSR count). The Kier molecular flexibility index (Phi) is 4.95. The van der Waals surface area contributed by atoms with Gasteiger partial charge in [-0.3, -0.25) is 10.1 Å². The Balaban J connectivity index is 1.63. The van der Waals surface area contributed by atoms with Gasteiger partial charge in [0.25, 0.3) is 5.69 Å². The standard InChI is InChI=1S/C17H15ClN4O3/c1-12-7-16(5-6-17(12)18)25-11-14-10-21(20-19-14)9-13-3-2-4-15(8-13)22(23)24/h2-8,10H,9,11H2,1H3. The summed E-state index contributed by atoms with van der Waals surface area (Å²) in [7, 11) is 0. The summed E-state index contributed by atoms with van der Waals surface area (Å²) >= 11 is 5.99. The van der Waals surface area contributed by atoms with E-state index in [2.05, 4.69) is 10.3 Å². The summed E-state index contributed by atoms with van der Waals surface area (Å²) in [5, 5.41) is 19.6. The molecule has 3 aromatic rings. The number of nitro groups is 1. The Bertz CT molecular complexity index is 910. The first-order valence-corrected chi connectivity index (χ1v) is 7.90. The molecule has 2 aromatic carbocycles. The van der Waals surface area contributed by atoms with Gasteiger partial charge in [-0.2, -0.15) is 0 Å². The molecule has 0 aliphatic rings. The number of ether oxygens (including phenoxy) is 1. The maximum atomic E-state index is 10.8. The van der Waals surface area contributed by atoms with Gasteiger partial charge >= 0.3 is 0 Å². The van der Waals surface area contributed by atoms with Gasteiger partial charge in [-0.05, 0) is 36.2 Å². The Morgan fingerprint density at radius 1 is 1.28 bits per heavy atom. The van der Waals surface area contributed by atoms with E-state index in [1.54, 1.807) is 35.1 Å². The predicted octanol–water partition coefficient (Wildman–Crippen LogP) is 3.78. The molecule has 7 nitrogen and oxygen atoms in total. The molecule has 8 heteroatoms. The van der Waals surface area contributed by atoms with Gasteiger partial charge in [0.1, 0.15) is 18.1 Å². The summed E-state index contributed by atoms with van der Waals surface area (Å²) in [5.41, 5.74) is 2.44. The maximum Gasteiger partial charge on any atom is 0.269 e. The minimum Gasteiger partial charge on any atom is -0.487 e. The molecule has 0 amide bonds. The lowest BCUT2D eigenvalue weighted by atomic mass is 10.2. The molecule has 25 heavy (non-hydrogen) atoms. The summed E-state index contributed by atoms with van der Waals surface area (Å²) in [6, 6.07) is 11.9. The fraction of sp³-hybridized carbons (Fsp3) is 0.176. The van der Waals surface area contributed by atoms with Gasteiger partial charge in [0.05, 0.1) is 17.7 Å². The SMILES string of the molecule is Cc1cc(OCc2cn(Cc3cccc([N+](=O)[O-])c3)nn2)ccc1Cl. The number of rotatable bonds is 6. The number of halogens is 1. The number of aromatic nitrogens is 3. The van der Waals surface area contributed by atoms with Crippen molar-refractivity contribution in [2.24, 2.45) is 0 Å². The second-order valence-electron chi connectivity index (χ2n) is 5.53. The van der Waals surface area contributed by atoms with E-state index in [9.17, 15) is 10.1 Å². The minimum atomic E-state index is -0.418. The van der Waals surface area contributed by atoms with E-state index >= 15 is 0 Å². The molecule has 0 spiro atoms. The van der Waals surface area contributed by atoms with E-state index in [0.29, 0.717) is 23.0 Å². The minimum absolute atomic E-state index is 0.0549. The molecule has 0 atom stereocenters. The number of benzene rings is 2. The Morgan fingerprint density at radius 2 is 2.12 bits per heavy atom. The highest BCUT2D eigenvalue weighted by Crippen LogP contribution is 2.21. The Labute approximate surface area is 149 Å². The summed E-state index contributed by atoms with van der Waals surface area (Å²) < 4.78 is 7.29. The largest absolute Gasteiger partial charge is 0.487 e. The van der Waals surface area contributed by atoms with Crippen molar-refractivity contribution in [3.63, 3.8) is 0 Å². The topological polar surface area (TPSA) is 83.1 Å². The van der Waals surface area contributed by atoms with Crippen LogP contribution in [-0.4, -0.2) is 19.9 Å². The van der Waals surface area contributed by atoms with Crippen molar-refractivity contribution in [1.29, 1.82) is 0 Å². The van der Waals surface area contributed by atoms with Crippen LogP contribution in [0.15, 0.2) is 48.7 Å². The number of non-ortho nitro benzene ring substituents is 1. The van der Waals surface area contributed by atoms with E-state index in [0.717, 1.165) is 11.1 Å². The molecule has 0 aliphatic carbocycles. The van der Waals surface area contributed by atoms with Crippen molar-refractivity contribution in [1.82, 2.24) is 15.0 Å². The van der Waals surface area contributed by atoms with Crippen LogP contribution in [0.1, 0.15) is 16.8 Å². The fourth-order valence-electron chi connectivity index (χ4n) is 2.30. The fourth-order valence-corrected chi connectivity index (χ4v) is 2.42. The number of nitrogens with zero attached hydrogens (tertiary/aromatic N) is 4. The summed E-state index contributed by atoms with van der Waals surface area (Å²) in [4.78, 5) is 10.4. The van der Waals surface area contributed by atoms with Crippen LogP contribution in [0.3, 0.4) is 0 Å². The monoisotopic (exact) mass is 358 g/mol. The molecular weight excluding hydrogens is 344 g/mol. The zero-order valence-corrected chi connectivity index (χ0v) is 14.2. The van der Waals surface area contributed by atoms with Crippen LogP contribution in [-0.2, 0) is 13.2 Å². The summed E-state index contributed by atoms with van der Waals surface area (Å²) in [6.07, 6.45) is 1.75. The van der Waals surface area contributed by atoms with Gasteiger partial charge in [0.2, 0.25) is 0 Å². The van der Waals surface area contributed by atoms with E-state index in [4.69, 9.17) is 16.3 Å². The lowest BCUT2D eigenvalue weighted by molar-refractivity contribution is -0.384. The molecule has 1 heterocycles. The molecule has 0 fully saturated rings. The zero-order chi connectivity index (χ0) is 17.8. The quantitative estimate of drug-likeness (QED) is 0.494. The number of hydrogen-bond donors (Lipinski definition) is 0. The highest BCUT2D eigenvalue weighted by Gasteiger charge is 2.08. The first-order chi connectivity index (χ1) is 12.0. The van der Waals surface area contributed by atoms with Crippen molar-refractivity contribution < 1.29 is 9.66 Å². The van der Waals surface area contributed by atoms with Crippen LogP contribution in [0.4, 0.5) is 5.69 Å². The second kappa shape index (κ2) is 7.31. The first-order valence-electron chi connectivity index (χ1n) is 7.52. The smallest absolute Gasteiger partial charge is 0.269 e. The third-order valence-electron chi connectivity index (χ3n) is 3.57. The molecule has 0 bridgehead atoms. The van der Waals surface area contributed by atoms with E-state index < -0.39 is 4.92 Å². The second-order valence-corrected chi connectivity index (χ2v) is 5.94. The summed E-state index contributed by atoms with van der Waals surface area (Å²) in [5.74, 6) is 0.704. The van der Waals surface area contributed by atoms with Crippen molar-refractivity contribution in [2.45, 2.75) is 20.1 Å². The van der Waals surface area contributed by atoms with Gasteiger partial charge in [0, 0.05) is 17.2 Å². The number of aryl methyl sites for hydroxylation is 1. The molecule has 0 saturated heterocycles. The Morgan fingerprint density at radius 3 is 2.88 bits per heavy atom. The molecule has 128 valence electrons. The number of hydrogen-bond acceptors (Lipinski definition) is 5. The van der Waals surface area contributed by atoms with Gasteiger partial charge in [-0.25, -0.2) is 4.68 Å². The van der Waals surface area contributed by atoms with Crippen molar-refractivity contribution >= 4 is 17.3 Å².